The quantitative estimate of drug-likeness (QED) is 0.534. The molecule has 0 saturated heterocycles. The summed E-state index contributed by atoms with van der Waals surface area (Å²) in [6, 6.07) is 0.991. The van der Waals surface area contributed by atoms with E-state index in [1.165, 1.54) is 6.92 Å². The van der Waals surface area contributed by atoms with E-state index in [-0.39, 0.29) is 11.3 Å². The molecule has 0 radical (unpaired) electrons. The molecule has 1 rings (SSSR count). The summed E-state index contributed by atoms with van der Waals surface area (Å²) in [5.74, 6) is -0.997. The van der Waals surface area contributed by atoms with Gasteiger partial charge >= 0.3 is 6.18 Å². The molecule has 16 heavy (non-hydrogen) atoms. The number of halogens is 4. The predicted octanol–water partition coefficient (Wildman–Crippen LogP) is 4.07. The van der Waals surface area contributed by atoms with Crippen LogP contribution in [-0.4, -0.2) is 0 Å². The fraction of sp³-hybridized carbons (Fsp3) is 0.455. The molecule has 0 fully saturated rings. The van der Waals surface area contributed by atoms with Crippen LogP contribution in [0.1, 0.15) is 30.5 Å². The van der Waals surface area contributed by atoms with Crippen LogP contribution in [0.15, 0.2) is 6.07 Å². The molecule has 1 aromatic rings. The van der Waals surface area contributed by atoms with Crippen molar-refractivity contribution in [2.24, 2.45) is 0 Å². The van der Waals surface area contributed by atoms with Crippen LogP contribution in [0.3, 0.4) is 0 Å². The maximum atomic E-state index is 13.1. The number of benzene rings is 1. The number of nitrogen functional groups attached to an aromatic ring is 1. The molecule has 2 N–H and O–H groups in total. The minimum absolute atomic E-state index is 0.0612. The fourth-order valence-corrected chi connectivity index (χ4v) is 1.43. The first-order valence-corrected chi connectivity index (χ1v) is 4.87. The van der Waals surface area contributed by atoms with E-state index in [1.54, 1.807) is 0 Å². The zero-order valence-corrected chi connectivity index (χ0v) is 9.67. The number of rotatable bonds is 0. The van der Waals surface area contributed by atoms with Crippen molar-refractivity contribution in [2.45, 2.75) is 33.9 Å². The lowest BCUT2D eigenvalue weighted by Gasteiger charge is -2.15. The van der Waals surface area contributed by atoms with E-state index < -0.39 is 23.1 Å². The van der Waals surface area contributed by atoms with Crippen LogP contribution in [0.5, 0.6) is 0 Å². The first-order valence-electron chi connectivity index (χ1n) is 4.87. The highest BCUT2D eigenvalue weighted by atomic mass is 19.4. The molecular weight excluding hydrogens is 222 g/mol. The average Bonchev–Trinajstić information content (AvgIpc) is 2.15. The van der Waals surface area contributed by atoms with Gasteiger partial charge in [-0.1, -0.05) is 13.8 Å². The molecular formula is C11H15F4N. The molecule has 0 spiro atoms. The summed E-state index contributed by atoms with van der Waals surface area (Å²) in [6.45, 7) is 6.33. The van der Waals surface area contributed by atoms with Crippen molar-refractivity contribution in [2.75, 3.05) is 5.73 Å². The van der Waals surface area contributed by atoms with Gasteiger partial charge in [0.1, 0.15) is 5.82 Å². The predicted molar refractivity (Wildman–Crippen MR) is 56.6 cm³/mol. The smallest absolute Gasteiger partial charge is 0.396 e. The van der Waals surface area contributed by atoms with Gasteiger partial charge in [0.05, 0.1) is 11.3 Å². The van der Waals surface area contributed by atoms with E-state index in [1.807, 2.05) is 13.8 Å². The molecule has 0 saturated carbocycles. The zero-order valence-electron chi connectivity index (χ0n) is 9.67. The molecule has 0 aliphatic rings. The summed E-state index contributed by atoms with van der Waals surface area (Å²) in [5.41, 5.74) is 3.48. The Kier molecular flexibility index (Phi) is 4.78. The van der Waals surface area contributed by atoms with Gasteiger partial charge in [-0.3, -0.25) is 0 Å². The Morgan fingerprint density at radius 1 is 1.12 bits per heavy atom. The van der Waals surface area contributed by atoms with Crippen molar-refractivity contribution >= 4 is 5.69 Å². The van der Waals surface area contributed by atoms with Crippen molar-refractivity contribution in [1.82, 2.24) is 0 Å². The van der Waals surface area contributed by atoms with Crippen LogP contribution in [0.4, 0.5) is 23.2 Å². The number of hydrogen-bond acceptors (Lipinski definition) is 1. The molecule has 0 aliphatic heterocycles. The van der Waals surface area contributed by atoms with Crippen LogP contribution in [-0.2, 0) is 6.18 Å². The average molecular weight is 237 g/mol. The maximum absolute atomic E-state index is 13.1. The van der Waals surface area contributed by atoms with E-state index in [2.05, 4.69) is 0 Å². The third kappa shape index (κ3) is 2.87. The normalized spacial score (nSPS) is 10.8. The molecule has 0 unspecified atom stereocenters. The summed E-state index contributed by atoms with van der Waals surface area (Å²) < 4.78 is 50.3. The highest BCUT2D eigenvalue weighted by molar-refractivity contribution is 5.51. The Balaban J connectivity index is 0.00000106. The molecule has 0 heterocycles. The Morgan fingerprint density at radius 3 is 1.94 bits per heavy atom. The lowest BCUT2D eigenvalue weighted by molar-refractivity contribution is -0.138. The van der Waals surface area contributed by atoms with Crippen LogP contribution in [0, 0.1) is 19.7 Å². The second-order valence-electron chi connectivity index (χ2n) is 3.09. The topological polar surface area (TPSA) is 26.0 Å². The van der Waals surface area contributed by atoms with Crippen molar-refractivity contribution in [3.05, 3.63) is 28.6 Å². The highest BCUT2D eigenvalue weighted by Gasteiger charge is 2.35. The second-order valence-corrected chi connectivity index (χ2v) is 3.09. The minimum Gasteiger partial charge on any atom is -0.396 e. The van der Waals surface area contributed by atoms with Crippen LogP contribution < -0.4 is 5.73 Å². The second kappa shape index (κ2) is 5.18. The van der Waals surface area contributed by atoms with E-state index in [0.29, 0.717) is 0 Å². The molecule has 1 nitrogen and oxygen atoms in total. The van der Waals surface area contributed by atoms with E-state index in [9.17, 15) is 17.6 Å². The van der Waals surface area contributed by atoms with Gasteiger partial charge < -0.3 is 5.73 Å². The van der Waals surface area contributed by atoms with Gasteiger partial charge in [-0.15, -0.1) is 0 Å². The summed E-state index contributed by atoms with van der Waals surface area (Å²) in [6.07, 6.45) is -4.54. The first-order chi connectivity index (χ1) is 7.25. The van der Waals surface area contributed by atoms with E-state index >= 15 is 0 Å². The lowest BCUT2D eigenvalue weighted by atomic mass is 10.0. The van der Waals surface area contributed by atoms with E-state index in [4.69, 9.17) is 5.73 Å². The van der Waals surface area contributed by atoms with Gasteiger partial charge in [-0.05, 0) is 31.0 Å². The maximum Gasteiger partial charge on any atom is 0.417 e. The fourth-order valence-electron chi connectivity index (χ4n) is 1.43. The summed E-state index contributed by atoms with van der Waals surface area (Å²) in [4.78, 5) is 0. The monoisotopic (exact) mass is 237 g/mol. The van der Waals surface area contributed by atoms with E-state index in [0.717, 1.165) is 13.0 Å². The van der Waals surface area contributed by atoms with Crippen molar-refractivity contribution in [3.8, 4) is 0 Å². The van der Waals surface area contributed by atoms with Gasteiger partial charge in [0, 0.05) is 0 Å². The molecule has 92 valence electrons. The Bertz CT molecular complexity index is 369. The largest absolute Gasteiger partial charge is 0.417 e. The number of nitrogens with two attached hydrogens (primary N) is 1. The SMILES string of the molecule is CC.Cc1cc(N)c(F)c(C)c1C(F)(F)F. The molecule has 0 aliphatic carbocycles. The molecule has 5 heteroatoms. The third-order valence-corrected chi connectivity index (χ3v) is 2.01. The van der Waals surface area contributed by atoms with Crippen molar-refractivity contribution < 1.29 is 17.6 Å². The lowest BCUT2D eigenvalue weighted by Crippen LogP contribution is -2.12. The molecule has 0 aromatic heterocycles. The van der Waals surface area contributed by atoms with Crippen LogP contribution in [0.25, 0.3) is 0 Å². The molecule has 1 aromatic carbocycles. The summed E-state index contributed by atoms with van der Waals surface area (Å²) >= 11 is 0. The Labute approximate surface area is 92.3 Å². The number of anilines is 1. The van der Waals surface area contributed by atoms with Crippen molar-refractivity contribution in [1.29, 1.82) is 0 Å². The van der Waals surface area contributed by atoms with Gasteiger partial charge in [-0.25, -0.2) is 4.39 Å². The number of aryl methyl sites for hydroxylation is 1. The minimum atomic E-state index is -4.54. The highest BCUT2D eigenvalue weighted by Crippen LogP contribution is 2.36. The molecule has 0 bridgehead atoms. The van der Waals surface area contributed by atoms with Gasteiger partial charge in [-0.2, -0.15) is 13.2 Å². The van der Waals surface area contributed by atoms with Crippen molar-refractivity contribution in [3.63, 3.8) is 0 Å². The van der Waals surface area contributed by atoms with Gasteiger partial charge in [0.15, 0.2) is 0 Å². The molecule has 0 amide bonds. The zero-order chi connectivity index (χ0) is 13.1. The third-order valence-electron chi connectivity index (χ3n) is 2.01. The van der Waals surface area contributed by atoms with Gasteiger partial charge in [0.2, 0.25) is 0 Å². The number of alkyl halides is 3. The van der Waals surface area contributed by atoms with Crippen LogP contribution in [0.2, 0.25) is 0 Å². The Morgan fingerprint density at radius 2 is 1.56 bits per heavy atom. The van der Waals surface area contributed by atoms with Gasteiger partial charge in [0.25, 0.3) is 0 Å². The summed E-state index contributed by atoms with van der Waals surface area (Å²) in [7, 11) is 0. The number of hydrogen-bond donors (Lipinski definition) is 1. The standard InChI is InChI=1S/C9H9F4N.C2H6/c1-4-3-6(14)8(10)5(2)7(4)9(11,12)13;1-2/h3H,14H2,1-2H3;1-2H3. The Hall–Kier alpha value is -1.26. The van der Waals surface area contributed by atoms with Crippen LogP contribution >= 0.6 is 0 Å². The molecule has 0 atom stereocenters. The summed E-state index contributed by atoms with van der Waals surface area (Å²) in [5, 5.41) is 0. The first kappa shape index (κ1) is 14.7.